The minimum absolute atomic E-state index is 0.658. The summed E-state index contributed by atoms with van der Waals surface area (Å²) in [5.74, 6) is 0. The van der Waals surface area contributed by atoms with E-state index >= 15 is 0 Å². The molecular formula is C5H7ClO. The first kappa shape index (κ1) is 6.57. The fraction of sp³-hybridized carbons (Fsp3) is 0.200. The molecule has 0 aromatic carbocycles. The maximum atomic E-state index is 8.03. The van der Waals surface area contributed by atoms with E-state index in [1.807, 2.05) is 0 Å². The van der Waals surface area contributed by atoms with Gasteiger partial charge in [-0.05, 0) is 19.1 Å². The monoisotopic (exact) mass is 118 g/mol. The summed E-state index contributed by atoms with van der Waals surface area (Å²) in [4.78, 5) is 0. The molecule has 40 valence electrons. The van der Waals surface area contributed by atoms with Gasteiger partial charge in [-0.25, -0.2) is 0 Å². The van der Waals surface area contributed by atoms with E-state index in [9.17, 15) is 0 Å². The largest absolute Gasteiger partial charge is 0.516 e. The van der Waals surface area contributed by atoms with Gasteiger partial charge in [-0.3, -0.25) is 0 Å². The third-order valence-corrected chi connectivity index (χ3v) is 0.538. The summed E-state index contributed by atoms with van der Waals surface area (Å²) in [6.07, 6.45) is 4.00. The quantitative estimate of drug-likeness (QED) is 0.414. The number of hydrogen-bond donors (Lipinski definition) is 1. The highest BCUT2D eigenvalue weighted by Gasteiger charge is 1.69. The molecule has 1 nitrogen and oxygen atoms in total. The van der Waals surface area contributed by atoms with Crippen LogP contribution in [0.3, 0.4) is 0 Å². The molecule has 0 aromatic rings. The number of halogens is 1. The molecule has 0 saturated carbocycles. The molecule has 0 atom stereocenters. The van der Waals surface area contributed by atoms with Gasteiger partial charge in [-0.15, -0.1) is 0 Å². The Hall–Kier alpha value is -0.430. The molecule has 0 aliphatic rings. The van der Waals surface area contributed by atoms with Crippen LogP contribution in [-0.4, -0.2) is 5.11 Å². The molecule has 0 spiro atoms. The Bertz CT molecular complexity index is 90.3. The molecule has 0 aliphatic carbocycles. The van der Waals surface area contributed by atoms with Crippen LogP contribution in [0.5, 0.6) is 0 Å². The van der Waals surface area contributed by atoms with Crippen LogP contribution in [-0.2, 0) is 0 Å². The van der Waals surface area contributed by atoms with Crippen LogP contribution in [0.25, 0.3) is 0 Å². The van der Waals surface area contributed by atoms with Crippen LogP contribution in [0.4, 0.5) is 0 Å². The summed E-state index contributed by atoms with van der Waals surface area (Å²) >= 11 is 5.36. The van der Waals surface area contributed by atoms with Gasteiger partial charge in [-0.2, -0.15) is 0 Å². The highest BCUT2D eigenvalue weighted by molar-refractivity contribution is 6.29. The van der Waals surface area contributed by atoms with E-state index in [1.54, 1.807) is 13.0 Å². The molecule has 0 fully saturated rings. The molecule has 0 bridgehead atoms. The topological polar surface area (TPSA) is 20.2 Å². The van der Waals surface area contributed by atoms with Crippen LogP contribution in [0, 0.1) is 0 Å². The lowest BCUT2D eigenvalue weighted by Gasteiger charge is -1.74. The van der Waals surface area contributed by atoms with Crippen molar-refractivity contribution in [2.45, 2.75) is 6.92 Å². The molecule has 0 radical (unpaired) electrons. The first-order valence-electron chi connectivity index (χ1n) is 1.90. The lowest BCUT2D eigenvalue weighted by Crippen LogP contribution is -1.53. The zero-order valence-corrected chi connectivity index (χ0v) is 4.81. The maximum absolute atomic E-state index is 8.03. The van der Waals surface area contributed by atoms with Crippen molar-refractivity contribution in [1.29, 1.82) is 0 Å². The molecule has 0 saturated heterocycles. The van der Waals surface area contributed by atoms with E-state index < -0.39 is 0 Å². The second kappa shape index (κ2) is 3.75. The van der Waals surface area contributed by atoms with Crippen molar-refractivity contribution in [3.63, 3.8) is 0 Å². The number of aliphatic hydroxyl groups is 1. The third-order valence-electron chi connectivity index (χ3n) is 0.412. The molecular weight excluding hydrogens is 112 g/mol. The van der Waals surface area contributed by atoms with E-state index in [-0.39, 0.29) is 0 Å². The molecule has 0 heterocycles. The summed E-state index contributed by atoms with van der Waals surface area (Å²) < 4.78 is 0. The van der Waals surface area contributed by atoms with Gasteiger partial charge in [0.15, 0.2) is 0 Å². The van der Waals surface area contributed by atoms with Gasteiger partial charge in [0.05, 0.1) is 6.26 Å². The first-order chi connectivity index (χ1) is 3.27. The minimum Gasteiger partial charge on any atom is -0.516 e. The van der Waals surface area contributed by atoms with Crippen molar-refractivity contribution in [3.8, 4) is 0 Å². The SMILES string of the molecule is C/C(Cl)=C\C=C/O. The minimum atomic E-state index is 0.658. The summed E-state index contributed by atoms with van der Waals surface area (Å²) in [5, 5.41) is 8.69. The predicted molar refractivity (Wildman–Crippen MR) is 31.4 cm³/mol. The van der Waals surface area contributed by atoms with Crippen molar-refractivity contribution in [1.82, 2.24) is 0 Å². The third kappa shape index (κ3) is 5.57. The molecule has 2 heteroatoms. The van der Waals surface area contributed by atoms with Gasteiger partial charge in [0.2, 0.25) is 0 Å². The van der Waals surface area contributed by atoms with Crippen LogP contribution in [0.1, 0.15) is 6.92 Å². The smallest absolute Gasteiger partial charge is 0.0792 e. The molecule has 0 amide bonds. The van der Waals surface area contributed by atoms with E-state index in [1.165, 1.54) is 6.08 Å². The van der Waals surface area contributed by atoms with E-state index in [4.69, 9.17) is 16.7 Å². The number of aliphatic hydroxyl groups excluding tert-OH is 1. The van der Waals surface area contributed by atoms with E-state index in [2.05, 4.69) is 0 Å². The second-order valence-electron chi connectivity index (χ2n) is 1.09. The van der Waals surface area contributed by atoms with Crippen molar-refractivity contribution in [2.24, 2.45) is 0 Å². The lowest BCUT2D eigenvalue weighted by atomic mass is 10.5. The molecule has 7 heavy (non-hydrogen) atoms. The Kier molecular flexibility index (Phi) is 3.52. The molecule has 0 rings (SSSR count). The van der Waals surface area contributed by atoms with Gasteiger partial charge in [0.1, 0.15) is 0 Å². The standard InChI is InChI=1S/C5H7ClO/c1-5(6)3-2-4-7/h2-4,7H,1H3/b4-2-,5-3+. The van der Waals surface area contributed by atoms with E-state index in [0.29, 0.717) is 5.03 Å². The molecule has 0 aromatic heterocycles. The fourth-order valence-electron chi connectivity index (χ4n) is 0.176. The van der Waals surface area contributed by atoms with Gasteiger partial charge in [0.25, 0.3) is 0 Å². The van der Waals surface area contributed by atoms with Gasteiger partial charge < -0.3 is 5.11 Å². The average molecular weight is 119 g/mol. The number of rotatable bonds is 1. The van der Waals surface area contributed by atoms with Crippen LogP contribution >= 0.6 is 11.6 Å². The Balaban J connectivity index is 3.46. The summed E-state index contributed by atoms with van der Waals surface area (Å²) in [6, 6.07) is 0. The normalized spacial score (nSPS) is 13.1. The Morgan fingerprint density at radius 2 is 2.29 bits per heavy atom. The average Bonchev–Trinajstić information content (AvgIpc) is 1.61. The zero-order valence-electron chi connectivity index (χ0n) is 4.06. The maximum Gasteiger partial charge on any atom is 0.0792 e. The zero-order chi connectivity index (χ0) is 5.70. The summed E-state index contributed by atoms with van der Waals surface area (Å²) in [6.45, 7) is 1.74. The van der Waals surface area contributed by atoms with Gasteiger partial charge in [-0.1, -0.05) is 11.6 Å². The Labute approximate surface area is 47.9 Å². The highest BCUT2D eigenvalue weighted by atomic mass is 35.5. The van der Waals surface area contributed by atoms with Crippen LogP contribution in [0.2, 0.25) is 0 Å². The summed E-state index contributed by atoms with van der Waals surface area (Å²) in [7, 11) is 0. The van der Waals surface area contributed by atoms with Crippen molar-refractivity contribution in [2.75, 3.05) is 0 Å². The van der Waals surface area contributed by atoms with Gasteiger partial charge in [0, 0.05) is 5.03 Å². The second-order valence-corrected chi connectivity index (χ2v) is 1.69. The highest BCUT2D eigenvalue weighted by Crippen LogP contribution is 1.96. The van der Waals surface area contributed by atoms with Crippen molar-refractivity contribution >= 4 is 11.6 Å². The van der Waals surface area contributed by atoms with Crippen molar-refractivity contribution < 1.29 is 5.11 Å². The number of hydrogen-bond acceptors (Lipinski definition) is 1. The Morgan fingerprint density at radius 3 is 2.43 bits per heavy atom. The van der Waals surface area contributed by atoms with Crippen LogP contribution in [0.15, 0.2) is 23.4 Å². The van der Waals surface area contributed by atoms with Crippen LogP contribution < -0.4 is 0 Å². The molecule has 0 unspecified atom stereocenters. The van der Waals surface area contributed by atoms with Crippen molar-refractivity contribution in [3.05, 3.63) is 23.4 Å². The number of allylic oxidation sites excluding steroid dienone is 3. The van der Waals surface area contributed by atoms with E-state index in [0.717, 1.165) is 6.26 Å². The lowest BCUT2D eigenvalue weighted by molar-refractivity contribution is 0.473. The molecule has 0 aliphatic heterocycles. The first-order valence-corrected chi connectivity index (χ1v) is 2.28. The summed E-state index contributed by atoms with van der Waals surface area (Å²) in [5.41, 5.74) is 0. The fourth-order valence-corrected chi connectivity index (χ4v) is 0.248. The van der Waals surface area contributed by atoms with Gasteiger partial charge >= 0.3 is 0 Å². The Morgan fingerprint density at radius 1 is 1.71 bits per heavy atom. The molecule has 1 N–H and O–H groups in total. The predicted octanol–water partition coefficient (Wildman–Crippen LogP) is 2.20.